The van der Waals surface area contributed by atoms with Gasteiger partial charge in [0.05, 0.1) is 0 Å². The Morgan fingerprint density at radius 3 is 2.31 bits per heavy atom. The first-order valence-corrected chi connectivity index (χ1v) is 4.96. The van der Waals surface area contributed by atoms with Crippen molar-refractivity contribution in [2.45, 2.75) is 0 Å². The Bertz CT molecular complexity index is 381. The van der Waals surface area contributed by atoms with Gasteiger partial charge in [-0.05, 0) is 0 Å². The van der Waals surface area contributed by atoms with E-state index >= 15 is 0 Å². The Labute approximate surface area is 87.0 Å². The Balaban J connectivity index is 2.42. The van der Waals surface area contributed by atoms with Crippen molar-refractivity contribution < 1.29 is 0 Å². The predicted molar refractivity (Wildman–Crippen MR) is 60.9 cm³/mol. The number of benzene rings is 1. The van der Waals surface area contributed by atoms with Gasteiger partial charge < -0.3 is 0 Å². The third-order valence-electron chi connectivity index (χ3n) is 1.95. The molecule has 0 saturated carbocycles. The summed E-state index contributed by atoms with van der Waals surface area (Å²) in [6.45, 7) is 2.11. The maximum absolute atomic E-state index is 3.42. The molecule has 0 fully saturated rings. The van der Waals surface area contributed by atoms with E-state index < -0.39 is 0 Å². The van der Waals surface area contributed by atoms with Crippen molar-refractivity contribution >= 4 is 22.8 Å². The third kappa shape index (κ3) is 2.07. The molecule has 1 aromatic carbocycles. The van der Waals surface area contributed by atoms with Crippen LogP contribution in [0.15, 0.2) is 52.9 Å². The summed E-state index contributed by atoms with van der Waals surface area (Å²) >= 11 is 3.42. The first-order chi connectivity index (χ1) is 6.36. The minimum absolute atomic E-state index is 1.12. The number of rotatable bonds is 1. The molecular weight excluding hydrogens is 223 g/mol. The Hall–Kier alpha value is -0.885. The fourth-order valence-corrected chi connectivity index (χ4v) is 1.54. The van der Waals surface area contributed by atoms with Crippen LogP contribution in [0.25, 0.3) is 11.0 Å². The van der Waals surface area contributed by atoms with E-state index in [-0.39, 0.29) is 0 Å². The average Bonchev–Trinajstić information content (AvgIpc) is 2.20. The quantitative estimate of drug-likeness (QED) is 0.704. The van der Waals surface area contributed by atoms with Gasteiger partial charge in [-0.25, -0.2) is 0 Å². The first kappa shape index (κ1) is 8.70. The van der Waals surface area contributed by atoms with Crippen molar-refractivity contribution in [2.24, 2.45) is 0 Å². The Morgan fingerprint density at radius 1 is 0.923 bits per heavy atom. The summed E-state index contributed by atoms with van der Waals surface area (Å²) in [5, 5.41) is 0. The fraction of sp³-hybridized carbons (Fsp3) is 0. The van der Waals surface area contributed by atoms with Crippen LogP contribution in [-0.4, -0.2) is 6.91 Å². The standard InChI is InChI=1S/C11H8BBr/c13-10-6-4-9(5-7-10)11-3-1-2-8-12-11/h1-8H. The van der Waals surface area contributed by atoms with Gasteiger partial charge in [0.15, 0.2) is 0 Å². The predicted octanol–water partition coefficient (Wildman–Crippen LogP) is 3.45. The van der Waals surface area contributed by atoms with Crippen LogP contribution in [0.1, 0.15) is 0 Å². The molecule has 2 heteroatoms. The number of hydrogen-bond donors (Lipinski definition) is 0. The van der Waals surface area contributed by atoms with Gasteiger partial charge in [-0.2, -0.15) is 0 Å². The van der Waals surface area contributed by atoms with Crippen LogP contribution in [0.3, 0.4) is 0 Å². The molecular formula is C11H8BBr. The van der Waals surface area contributed by atoms with Gasteiger partial charge in [0.25, 0.3) is 0 Å². The van der Waals surface area contributed by atoms with Crippen molar-refractivity contribution in [3.63, 3.8) is 0 Å². The second-order valence-electron chi connectivity index (χ2n) is 2.87. The second kappa shape index (κ2) is 3.88. The molecule has 0 saturated heterocycles. The summed E-state index contributed by atoms with van der Waals surface area (Å²) in [5.74, 6) is 2.05. The Kier molecular flexibility index (Phi) is 2.60. The van der Waals surface area contributed by atoms with Crippen LogP contribution in [0, 0.1) is 0 Å². The van der Waals surface area contributed by atoms with Gasteiger partial charge >= 0.3 is 86.8 Å². The fourth-order valence-electron chi connectivity index (χ4n) is 1.27. The molecule has 0 aliphatic rings. The topological polar surface area (TPSA) is 0 Å². The summed E-state index contributed by atoms with van der Waals surface area (Å²) < 4.78 is 1.12. The summed E-state index contributed by atoms with van der Waals surface area (Å²) in [6, 6.07) is 14.5. The van der Waals surface area contributed by atoms with Gasteiger partial charge in [-0.1, -0.05) is 0 Å². The van der Waals surface area contributed by atoms with Crippen molar-refractivity contribution in [1.29, 1.82) is 0 Å². The minimum atomic E-state index is 1.12. The van der Waals surface area contributed by atoms with Gasteiger partial charge in [0.1, 0.15) is 0 Å². The molecule has 0 unspecified atom stereocenters. The molecule has 0 atom stereocenters. The molecule has 1 heterocycles. The number of halogens is 1. The van der Waals surface area contributed by atoms with Gasteiger partial charge in [-0.3, -0.25) is 0 Å². The van der Waals surface area contributed by atoms with E-state index in [9.17, 15) is 0 Å². The van der Waals surface area contributed by atoms with Crippen LogP contribution < -0.4 is 0 Å². The summed E-state index contributed by atoms with van der Waals surface area (Å²) in [5.41, 5.74) is 2.51. The molecule has 0 aliphatic carbocycles. The summed E-state index contributed by atoms with van der Waals surface area (Å²) in [7, 11) is 0. The van der Waals surface area contributed by atoms with E-state index in [0.29, 0.717) is 0 Å². The van der Waals surface area contributed by atoms with E-state index in [1.165, 1.54) is 11.0 Å². The van der Waals surface area contributed by atoms with E-state index in [2.05, 4.69) is 65.2 Å². The summed E-state index contributed by atoms with van der Waals surface area (Å²) in [4.78, 5) is 0. The van der Waals surface area contributed by atoms with Crippen molar-refractivity contribution in [2.75, 3.05) is 0 Å². The van der Waals surface area contributed by atoms with E-state index in [1.54, 1.807) is 0 Å². The zero-order valence-corrected chi connectivity index (χ0v) is 8.66. The molecule has 0 N–H and O–H groups in total. The SMILES string of the molecule is Brc1ccc(-c2bcccc2)cc1. The molecule has 0 amide bonds. The first-order valence-electron chi connectivity index (χ1n) is 4.17. The van der Waals surface area contributed by atoms with E-state index in [4.69, 9.17) is 0 Å². The zero-order valence-electron chi connectivity index (χ0n) is 7.07. The number of hydrogen-bond acceptors (Lipinski definition) is 0. The van der Waals surface area contributed by atoms with Crippen LogP contribution >= 0.6 is 15.9 Å². The summed E-state index contributed by atoms with van der Waals surface area (Å²) in [6.07, 6.45) is 0. The normalized spacial score (nSPS) is 9.62. The molecule has 13 heavy (non-hydrogen) atoms. The van der Waals surface area contributed by atoms with Gasteiger partial charge in [0, 0.05) is 0 Å². The van der Waals surface area contributed by atoms with Gasteiger partial charge in [0.2, 0.25) is 0 Å². The molecule has 2 aromatic rings. The van der Waals surface area contributed by atoms with Crippen molar-refractivity contribution in [3.8, 4) is 11.0 Å². The van der Waals surface area contributed by atoms with Crippen LogP contribution in [0.2, 0.25) is 0 Å². The van der Waals surface area contributed by atoms with E-state index in [0.717, 1.165) is 4.47 Å². The van der Waals surface area contributed by atoms with Crippen LogP contribution in [0.5, 0.6) is 0 Å². The van der Waals surface area contributed by atoms with Crippen molar-refractivity contribution in [3.05, 3.63) is 52.9 Å². The van der Waals surface area contributed by atoms with Crippen molar-refractivity contribution in [1.82, 2.24) is 0 Å². The molecule has 0 nitrogen and oxygen atoms in total. The zero-order chi connectivity index (χ0) is 9.10. The molecule has 1 aromatic heterocycles. The molecule has 0 aliphatic heterocycles. The van der Waals surface area contributed by atoms with Gasteiger partial charge in [-0.15, -0.1) is 0 Å². The molecule has 2 rings (SSSR count). The monoisotopic (exact) mass is 230 g/mol. The molecule has 0 spiro atoms. The third-order valence-corrected chi connectivity index (χ3v) is 2.48. The maximum atomic E-state index is 3.42. The molecule has 0 radical (unpaired) electrons. The van der Waals surface area contributed by atoms with Crippen LogP contribution in [0.4, 0.5) is 0 Å². The Morgan fingerprint density at radius 2 is 1.69 bits per heavy atom. The molecule has 62 valence electrons. The molecule has 0 bridgehead atoms. The van der Waals surface area contributed by atoms with Crippen LogP contribution in [-0.2, 0) is 0 Å². The average molecular weight is 231 g/mol. The van der Waals surface area contributed by atoms with E-state index in [1.807, 2.05) is 6.07 Å². The second-order valence-corrected chi connectivity index (χ2v) is 3.79.